The molecule has 0 aliphatic rings. The third kappa shape index (κ3) is 2.55. The van der Waals surface area contributed by atoms with Gasteiger partial charge >= 0.3 is 12.1 Å². The van der Waals surface area contributed by atoms with Crippen LogP contribution in [0.25, 0.3) is 0 Å². The van der Waals surface area contributed by atoms with E-state index in [0.29, 0.717) is 0 Å². The van der Waals surface area contributed by atoms with Crippen molar-refractivity contribution in [3.05, 3.63) is 0 Å². The van der Waals surface area contributed by atoms with Crippen LogP contribution in [-0.2, 0) is 4.79 Å². The summed E-state index contributed by atoms with van der Waals surface area (Å²) in [6, 6.07) is 0. The molecular weight excluding hydrogens is 217 g/mol. The van der Waals surface area contributed by atoms with E-state index in [9.17, 15) is 18.0 Å². The van der Waals surface area contributed by atoms with E-state index in [4.69, 9.17) is 5.11 Å². The maximum atomic E-state index is 11.6. The highest BCUT2D eigenvalue weighted by Gasteiger charge is 2.44. The predicted octanol–water partition coefficient (Wildman–Crippen LogP) is 1.64. The van der Waals surface area contributed by atoms with Crippen molar-refractivity contribution in [2.45, 2.75) is 6.18 Å². The van der Waals surface area contributed by atoms with Crippen molar-refractivity contribution < 1.29 is 23.1 Å². The van der Waals surface area contributed by atoms with Crippen LogP contribution in [-0.4, -0.2) is 22.6 Å². The molecule has 60 valence electrons. The van der Waals surface area contributed by atoms with E-state index in [2.05, 4.69) is 15.9 Å². The summed E-state index contributed by atoms with van der Waals surface area (Å²) in [5.41, 5.74) is 0. The molecule has 0 aromatic rings. The minimum atomic E-state index is -4.66. The molecule has 0 amide bonds. The normalized spacial score (nSPS) is 14.8. The zero-order valence-electron chi connectivity index (χ0n) is 4.65. The maximum absolute atomic E-state index is 11.6. The molecule has 0 saturated heterocycles. The van der Waals surface area contributed by atoms with Crippen LogP contribution in [0.1, 0.15) is 0 Å². The number of halogens is 4. The minimum Gasteiger partial charge on any atom is -0.481 e. The van der Waals surface area contributed by atoms with Gasteiger partial charge in [0.15, 0.2) is 5.92 Å². The molecular formula is C4H4BrF3O2. The third-order valence-electron chi connectivity index (χ3n) is 0.848. The Hall–Kier alpha value is -0.260. The van der Waals surface area contributed by atoms with Gasteiger partial charge in [0, 0.05) is 5.33 Å². The van der Waals surface area contributed by atoms with Crippen molar-refractivity contribution in [2.75, 3.05) is 5.33 Å². The van der Waals surface area contributed by atoms with Crippen molar-refractivity contribution in [1.82, 2.24) is 0 Å². The number of aliphatic carboxylic acids is 1. The lowest BCUT2D eigenvalue weighted by atomic mass is 10.2. The SMILES string of the molecule is O=C(O)C(CBr)C(F)(F)F. The standard InChI is InChI=1S/C4H4BrF3O2/c5-1-2(3(9)10)4(6,7)8/h2H,1H2,(H,9,10). The Morgan fingerprint density at radius 3 is 2.00 bits per heavy atom. The molecule has 1 unspecified atom stereocenters. The van der Waals surface area contributed by atoms with E-state index >= 15 is 0 Å². The molecule has 0 spiro atoms. The van der Waals surface area contributed by atoms with Crippen LogP contribution in [0.2, 0.25) is 0 Å². The first-order chi connectivity index (χ1) is 4.39. The largest absolute Gasteiger partial charge is 0.481 e. The zero-order chi connectivity index (χ0) is 8.36. The van der Waals surface area contributed by atoms with E-state index in [-0.39, 0.29) is 0 Å². The van der Waals surface area contributed by atoms with Crippen LogP contribution in [0.5, 0.6) is 0 Å². The van der Waals surface area contributed by atoms with E-state index in [0.717, 1.165) is 0 Å². The molecule has 1 atom stereocenters. The molecule has 6 heteroatoms. The highest BCUT2D eigenvalue weighted by molar-refractivity contribution is 9.09. The van der Waals surface area contributed by atoms with Gasteiger partial charge in [-0.2, -0.15) is 13.2 Å². The fraction of sp³-hybridized carbons (Fsp3) is 0.750. The molecule has 0 aromatic carbocycles. The minimum absolute atomic E-state index is 0.605. The number of carbonyl (C=O) groups is 1. The fourth-order valence-electron chi connectivity index (χ4n) is 0.293. The van der Waals surface area contributed by atoms with E-state index in [1.165, 1.54) is 0 Å². The smallest absolute Gasteiger partial charge is 0.403 e. The first-order valence-corrected chi connectivity index (χ1v) is 3.37. The molecule has 0 rings (SSSR count). The molecule has 0 aromatic heterocycles. The highest BCUT2D eigenvalue weighted by Crippen LogP contribution is 2.27. The molecule has 0 radical (unpaired) electrons. The maximum Gasteiger partial charge on any atom is 0.403 e. The number of carboxylic acid groups (broad SMARTS) is 1. The van der Waals surface area contributed by atoms with Crippen LogP contribution < -0.4 is 0 Å². The molecule has 0 fully saturated rings. The van der Waals surface area contributed by atoms with Crippen molar-refractivity contribution in [1.29, 1.82) is 0 Å². The molecule has 10 heavy (non-hydrogen) atoms. The summed E-state index contributed by atoms with van der Waals surface area (Å²) in [4.78, 5) is 9.83. The Morgan fingerprint density at radius 1 is 1.60 bits per heavy atom. The third-order valence-corrected chi connectivity index (χ3v) is 1.49. The summed E-state index contributed by atoms with van der Waals surface area (Å²) >= 11 is 2.45. The van der Waals surface area contributed by atoms with Gasteiger partial charge in [0.05, 0.1) is 0 Å². The Kier molecular flexibility index (Phi) is 3.14. The quantitative estimate of drug-likeness (QED) is 0.719. The lowest BCUT2D eigenvalue weighted by molar-refractivity contribution is -0.188. The van der Waals surface area contributed by atoms with Crippen molar-refractivity contribution >= 4 is 21.9 Å². The fourth-order valence-corrected chi connectivity index (χ4v) is 0.938. The topological polar surface area (TPSA) is 37.3 Å². The van der Waals surface area contributed by atoms with Gasteiger partial charge in [-0.15, -0.1) is 0 Å². The summed E-state index contributed by atoms with van der Waals surface area (Å²) in [5, 5.41) is 7.35. The number of rotatable bonds is 2. The van der Waals surface area contributed by atoms with Gasteiger partial charge in [0.25, 0.3) is 0 Å². The van der Waals surface area contributed by atoms with Crippen LogP contribution >= 0.6 is 15.9 Å². The van der Waals surface area contributed by atoms with E-state index in [1.807, 2.05) is 0 Å². The number of carboxylic acids is 1. The second-order valence-electron chi connectivity index (χ2n) is 1.59. The number of alkyl halides is 4. The Morgan fingerprint density at radius 2 is 2.00 bits per heavy atom. The summed E-state index contributed by atoms with van der Waals surface area (Å²) in [5.74, 6) is -4.16. The first-order valence-electron chi connectivity index (χ1n) is 2.25. The summed E-state index contributed by atoms with van der Waals surface area (Å²) in [6.07, 6.45) is -4.66. The first kappa shape index (κ1) is 9.74. The zero-order valence-corrected chi connectivity index (χ0v) is 6.24. The van der Waals surface area contributed by atoms with Gasteiger partial charge in [0.2, 0.25) is 0 Å². The molecule has 0 aliphatic heterocycles. The van der Waals surface area contributed by atoms with Crippen molar-refractivity contribution in [3.8, 4) is 0 Å². The van der Waals surface area contributed by atoms with Crippen molar-refractivity contribution in [3.63, 3.8) is 0 Å². The summed E-state index contributed by atoms with van der Waals surface area (Å²) in [7, 11) is 0. The van der Waals surface area contributed by atoms with Gasteiger partial charge in [-0.25, -0.2) is 0 Å². The summed E-state index contributed by atoms with van der Waals surface area (Å²) < 4.78 is 34.7. The average molecular weight is 221 g/mol. The van der Waals surface area contributed by atoms with Gasteiger partial charge in [-0.3, -0.25) is 4.79 Å². The monoisotopic (exact) mass is 220 g/mol. The Balaban J connectivity index is 4.22. The molecule has 0 saturated carbocycles. The number of hydrogen-bond acceptors (Lipinski definition) is 1. The van der Waals surface area contributed by atoms with Crippen LogP contribution in [0.3, 0.4) is 0 Å². The van der Waals surface area contributed by atoms with E-state index in [1.54, 1.807) is 0 Å². The molecule has 1 N–H and O–H groups in total. The lowest BCUT2D eigenvalue weighted by Gasteiger charge is -2.11. The van der Waals surface area contributed by atoms with E-state index < -0.39 is 23.4 Å². The number of hydrogen-bond donors (Lipinski definition) is 1. The van der Waals surface area contributed by atoms with Gasteiger partial charge in [-0.05, 0) is 0 Å². The predicted molar refractivity (Wildman–Crippen MR) is 31.0 cm³/mol. The second-order valence-corrected chi connectivity index (χ2v) is 2.23. The molecule has 0 aliphatic carbocycles. The Labute approximate surface area is 63.2 Å². The van der Waals surface area contributed by atoms with Gasteiger partial charge < -0.3 is 5.11 Å². The highest BCUT2D eigenvalue weighted by atomic mass is 79.9. The second kappa shape index (κ2) is 3.23. The summed E-state index contributed by atoms with van der Waals surface area (Å²) in [6.45, 7) is 0. The Bertz CT molecular complexity index is 133. The van der Waals surface area contributed by atoms with Crippen LogP contribution in [0, 0.1) is 5.92 Å². The molecule has 0 heterocycles. The molecule has 2 nitrogen and oxygen atoms in total. The van der Waals surface area contributed by atoms with Gasteiger partial charge in [-0.1, -0.05) is 15.9 Å². The van der Waals surface area contributed by atoms with Gasteiger partial charge in [0.1, 0.15) is 0 Å². The van der Waals surface area contributed by atoms with Crippen molar-refractivity contribution in [2.24, 2.45) is 5.92 Å². The van der Waals surface area contributed by atoms with Crippen LogP contribution in [0.15, 0.2) is 0 Å². The molecule has 0 bridgehead atoms. The average Bonchev–Trinajstić information content (AvgIpc) is 1.60. The lowest BCUT2D eigenvalue weighted by Crippen LogP contribution is -2.31. The van der Waals surface area contributed by atoms with Crippen LogP contribution in [0.4, 0.5) is 13.2 Å².